The van der Waals surface area contributed by atoms with Crippen LogP contribution in [0.15, 0.2) is 55.3 Å². The fraction of sp³-hybridized carbons (Fsp3) is 0.308. The monoisotopic (exact) mass is 483 g/mol. The number of aryl methyl sites for hydroxylation is 1. The van der Waals surface area contributed by atoms with Gasteiger partial charge in [-0.1, -0.05) is 54.9 Å². The van der Waals surface area contributed by atoms with Crippen LogP contribution >= 0.6 is 11.6 Å². The first-order valence-corrected chi connectivity index (χ1v) is 11.7. The number of aromatic nitrogens is 2. The first-order valence-electron chi connectivity index (χ1n) is 11.3. The van der Waals surface area contributed by atoms with Crippen molar-refractivity contribution in [2.45, 2.75) is 45.7 Å². The van der Waals surface area contributed by atoms with Crippen LogP contribution in [0, 0.1) is 12.7 Å². The van der Waals surface area contributed by atoms with Gasteiger partial charge in [0.25, 0.3) is 0 Å². The highest BCUT2D eigenvalue weighted by molar-refractivity contribution is 6.30. The summed E-state index contributed by atoms with van der Waals surface area (Å²) in [5.74, 6) is -0.503. The van der Waals surface area contributed by atoms with E-state index in [2.05, 4.69) is 28.9 Å². The van der Waals surface area contributed by atoms with E-state index in [1.807, 2.05) is 25.1 Å². The fourth-order valence-corrected chi connectivity index (χ4v) is 3.90. The third kappa shape index (κ3) is 6.60. The summed E-state index contributed by atoms with van der Waals surface area (Å²) < 4.78 is 15.6. The van der Waals surface area contributed by atoms with Crippen LogP contribution in [0.25, 0.3) is 16.6 Å². The van der Waals surface area contributed by atoms with Crippen molar-refractivity contribution in [2.75, 3.05) is 6.54 Å². The van der Waals surface area contributed by atoms with E-state index in [0.717, 1.165) is 47.8 Å². The van der Waals surface area contributed by atoms with E-state index in [0.29, 0.717) is 30.0 Å². The molecule has 1 heterocycles. The Bertz CT molecular complexity index is 1200. The van der Waals surface area contributed by atoms with Gasteiger partial charge in [0, 0.05) is 29.7 Å². The molecule has 34 heavy (non-hydrogen) atoms. The van der Waals surface area contributed by atoms with Crippen LogP contribution in [-0.2, 0) is 17.9 Å². The maximum atomic E-state index is 13.9. The molecule has 0 aliphatic heterocycles. The van der Waals surface area contributed by atoms with Crippen molar-refractivity contribution in [2.24, 2.45) is 5.73 Å². The lowest BCUT2D eigenvalue weighted by Crippen LogP contribution is -2.28. The Labute approximate surface area is 204 Å². The van der Waals surface area contributed by atoms with Gasteiger partial charge in [-0.3, -0.25) is 9.48 Å². The third-order valence-corrected chi connectivity index (χ3v) is 5.83. The highest BCUT2D eigenvalue weighted by atomic mass is 35.5. The van der Waals surface area contributed by atoms with E-state index in [9.17, 15) is 9.18 Å². The van der Waals surface area contributed by atoms with Crippen LogP contribution in [0.1, 0.15) is 42.5 Å². The summed E-state index contributed by atoms with van der Waals surface area (Å²) in [6.45, 7) is 10.8. The smallest absolute Gasteiger partial charge is 0.241 e. The van der Waals surface area contributed by atoms with Gasteiger partial charge >= 0.3 is 0 Å². The number of nitrogens with two attached hydrogens (primary N) is 1. The van der Waals surface area contributed by atoms with Gasteiger partial charge in [-0.15, -0.1) is 0 Å². The van der Waals surface area contributed by atoms with E-state index in [1.54, 1.807) is 16.8 Å². The predicted octanol–water partition coefficient (Wildman–Crippen LogP) is 5.05. The molecular weight excluding hydrogens is 453 g/mol. The van der Waals surface area contributed by atoms with Crippen LogP contribution in [0.4, 0.5) is 4.39 Å². The topological polar surface area (TPSA) is 85.0 Å². The van der Waals surface area contributed by atoms with Gasteiger partial charge in [0.1, 0.15) is 18.1 Å². The molecular formula is C26H31ClFN5O. The molecule has 3 rings (SSSR count). The molecule has 0 radical (unpaired) electrons. The average molecular weight is 484 g/mol. The number of amides is 1. The van der Waals surface area contributed by atoms with Gasteiger partial charge in [0.2, 0.25) is 5.91 Å². The second-order valence-electron chi connectivity index (χ2n) is 8.38. The molecule has 0 aliphatic rings. The molecule has 1 aromatic heterocycles. The second-order valence-corrected chi connectivity index (χ2v) is 8.79. The number of nitrogens with zero attached hydrogens (tertiary/aromatic N) is 2. The van der Waals surface area contributed by atoms with Crippen molar-refractivity contribution in [1.29, 1.82) is 0 Å². The van der Waals surface area contributed by atoms with Crippen molar-refractivity contribution in [3.8, 4) is 0 Å². The lowest BCUT2D eigenvalue weighted by atomic mass is 10.1. The molecule has 3 aromatic rings. The molecule has 2 aromatic carbocycles. The van der Waals surface area contributed by atoms with Gasteiger partial charge in [-0.25, -0.2) is 4.39 Å². The zero-order valence-electron chi connectivity index (χ0n) is 19.5. The standard InChI is InChI=1S/C26H31ClFN5O/c1-17-11-12-23-21(14-17)26(19(3)29)32-33(23)16-24(34)30-13-6-4-5-8-18(2)31-15-20-9-7-10-22(27)25(20)28/h7,9-12,14,31H,2-6,8,13,15-16,29H2,1H3,(H,30,34). The zero-order valence-corrected chi connectivity index (χ0v) is 20.2. The van der Waals surface area contributed by atoms with E-state index >= 15 is 0 Å². The molecule has 0 atom stereocenters. The summed E-state index contributed by atoms with van der Waals surface area (Å²) in [6.07, 6.45) is 3.49. The molecule has 0 aliphatic carbocycles. The van der Waals surface area contributed by atoms with Crippen molar-refractivity contribution in [1.82, 2.24) is 20.4 Å². The SMILES string of the molecule is C=C(CCCCCNC(=O)Cn1nc(C(=C)N)c2cc(C)ccc21)NCc1cccc(Cl)c1F. The first kappa shape index (κ1) is 25.3. The Hall–Kier alpha value is -3.32. The number of benzene rings is 2. The van der Waals surface area contributed by atoms with E-state index in [1.165, 1.54) is 6.07 Å². The first-order chi connectivity index (χ1) is 16.3. The summed E-state index contributed by atoms with van der Waals surface area (Å²) in [5.41, 5.74) is 10.2. The number of hydrogen-bond acceptors (Lipinski definition) is 4. The van der Waals surface area contributed by atoms with Crippen LogP contribution < -0.4 is 16.4 Å². The predicted molar refractivity (Wildman–Crippen MR) is 137 cm³/mol. The Kier molecular flexibility index (Phi) is 8.71. The lowest BCUT2D eigenvalue weighted by Gasteiger charge is -2.11. The van der Waals surface area contributed by atoms with Gasteiger partial charge in [0.15, 0.2) is 0 Å². The summed E-state index contributed by atoms with van der Waals surface area (Å²) in [6, 6.07) is 10.9. The normalized spacial score (nSPS) is 10.9. The average Bonchev–Trinajstić information content (AvgIpc) is 3.14. The molecule has 4 N–H and O–H groups in total. The summed E-state index contributed by atoms with van der Waals surface area (Å²) >= 11 is 5.81. The third-order valence-electron chi connectivity index (χ3n) is 5.54. The zero-order chi connectivity index (χ0) is 24.7. The van der Waals surface area contributed by atoms with Crippen molar-refractivity contribution >= 4 is 34.1 Å². The number of fused-ring (bicyclic) bond motifs is 1. The van der Waals surface area contributed by atoms with Crippen LogP contribution in [0.3, 0.4) is 0 Å². The molecule has 1 amide bonds. The highest BCUT2D eigenvalue weighted by Crippen LogP contribution is 2.23. The quantitative estimate of drug-likeness (QED) is 0.315. The maximum Gasteiger partial charge on any atom is 0.241 e. The van der Waals surface area contributed by atoms with Crippen molar-refractivity contribution < 1.29 is 9.18 Å². The summed E-state index contributed by atoms with van der Waals surface area (Å²) in [7, 11) is 0. The molecule has 0 spiro atoms. The molecule has 0 saturated heterocycles. The van der Waals surface area contributed by atoms with E-state index < -0.39 is 5.82 Å². The Morgan fingerprint density at radius 1 is 1.18 bits per heavy atom. The number of unbranched alkanes of at least 4 members (excludes halogenated alkanes) is 2. The van der Waals surface area contributed by atoms with Crippen molar-refractivity contribution in [3.05, 3.63) is 82.9 Å². The number of allylic oxidation sites excluding steroid dienone is 1. The minimum Gasteiger partial charge on any atom is -0.397 e. The van der Waals surface area contributed by atoms with E-state index in [-0.39, 0.29) is 17.5 Å². The summed E-state index contributed by atoms with van der Waals surface area (Å²) in [4.78, 5) is 12.4. The lowest BCUT2D eigenvalue weighted by molar-refractivity contribution is -0.121. The largest absolute Gasteiger partial charge is 0.397 e. The number of carbonyl (C=O) groups excluding carboxylic acids is 1. The Balaban J connectivity index is 1.36. The van der Waals surface area contributed by atoms with Gasteiger partial charge in [0.05, 0.1) is 16.2 Å². The van der Waals surface area contributed by atoms with Gasteiger partial charge < -0.3 is 16.4 Å². The molecule has 0 unspecified atom stereocenters. The minimum absolute atomic E-state index is 0.103. The Morgan fingerprint density at radius 3 is 2.74 bits per heavy atom. The van der Waals surface area contributed by atoms with Crippen LogP contribution in [0.2, 0.25) is 5.02 Å². The number of rotatable bonds is 12. The number of nitrogens with one attached hydrogen (secondary N) is 2. The van der Waals surface area contributed by atoms with Crippen LogP contribution in [-0.4, -0.2) is 22.2 Å². The second kappa shape index (κ2) is 11.7. The minimum atomic E-state index is -0.400. The number of halogens is 2. The molecule has 0 fully saturated rings. The highest BCUT2D eigenvalue weighted by Gasteiger charge is 2.14. The molecule has 6 nitrogen and oxygen atoms in total. The van der Waals surface area contributed by atoms with Gasteiger partial charge in [-0.2, -0.15) is 5.10 Å². The molecule has 180 valence electrons. The van der Waals surface area contributed by atoms with Gasteiger partial charge in [-0.05, 0) is 44.4 Å². The van der Waals surface area contributed by atoms with Crippen molar-refractivity contribution in [3.63, 3.8) is 0 Å². The fourth-order valence-electron chi connectivity index (χ4n) is 3.70. The molecule has 0 bridgehead atoms. The maximum absolute atomic E-state index is 13.9. The molecule has 0 saturated carbocycles. The number of carbonyl (C=O) groups is 1. The molecule has 8 heteroatoms. The number of hydrogen-bond donors (Lipinski definition) is 3. The van der Waals surface area contributed by atoms with Crippen LogP contribution in [0.5, 0.6) is 0 Å². The summed E-state index contributed by atoms with van der Waals surface area (Å²) in [5, 5.41) is 11.6. The Morgan fingerprint density at radius 2 is 1.97 bits per heavy atom. The van der Waals surface area contributed by atoms with E-state index in [4.69, 9.17) is 17.3 Å².